The highest BCUT2D eigenvalue weighted by Gasteiger charge is 2.22. The van der Waals surface area contributed by atoms with Crippen LogP contribution in [0.5, 0.6) is 5.88 Å². The van der Waals surface area contributed by atoms with Crippen LogP contribution < -0.4 is 10.1 Å². The molecule has 1 N–H and O–H groups in total. The van der Waals surface area contributed by atoms with Crippen molar-refractivity contribution in [3.8, 4) is 5.88 Å². The average molecular weight is 327 g/mol. The van der Waals surface area contributed by atoms with Gasteiger partial charge < -0.3 is 10.1 Å². The van der Waals surface area contributed by atoms with Crippen LogP contribution in [-0.4, -0.2) is 16.6 Å². The Kier molecular flexibility index (Phi) is 4.31. The van der Waals surface area contributed by atoms with Crippen LogP contribution in [0.2, 0.25) is 0 Å². The molecule has 1 aliphatic carbocycles. The Morgan fingerprint density at radius 1 is 1.09 bits per heavy atom. The topological polar surface area (TPSA) is 47.0 Å². The van der Waals surface area contributed by atoms with Crippen LogP contribution in [0.15, 0.2) is 18.3 Å². The van der Waals surface area contributed by atoms with E-state index in [4.69, 9.17) is 4.74 Å². The van der Waals surface area contributed by atoms with Gasteiger partial charge in [-0.05, 0) is 24.3 Å². The fourth-order valence-electron chi connectivity index (χ4n) is 1.92. The molecule has 23 heavy (non-hydrogen) atoms. The molecule has 2 aromatic heterocycles. The molecule has 4 nitrogen and oxygen atoms in total. The van der Waals surface area contributed by atoms with E-state index < -0.39 is 29.2 Å². The summed E-state index contributed by atoms with van der Waals surface area (Å²) in [5, 5.41) is 2.31. The monoisotopic (exact) mass is 327 g/mol. The number of aromatic nitrogens is 2. The third-order valence-corrected chi connectivity index (χ3v) is 3.43. The van der Waals surface area contributed by atoms with Gasteiger partial charge in [-0.2, -0.15) is 22.5 Å². The number of anilines is 1. The third kappa shape index (κ3) is 3.69. The molecule has 2 heterocycles. The highest BCUT2D eigenvalue weighted by molar-refractivity contribution is 5.45. The van der Waals surface area contributed by atoms with Crippen LogP contribution in [0.1, 0.15) is 18.4 Å². The fraction of sp³-hybridized carbons (Fsp3) is 0.333. The first-order valence-corrected chi connectivity index (χ1v) is 7.06. The number of ether oxygens (including phenoxy) is 1. The lowest BCUT2D eigenvalue weighted by atomic mass is 10.2. The molecule has 0 aromatic carbocycles. The van der Waals surface area contributed by atoms with E-state index in [-0.39, 0.29) is 6.54 Å². The summed E-state index contributed by atoms with van der Waals surface area (Å²) >= 11 is 0. The Balaban J connectivity index is 1.64. The van der Waals surface area contributed by atoms with Crippen molar-refractivity contribution in [1.82, 2.24) is 9.97 Å². The minimum absolute atomic E-state index is 0.0629. The lowest BCUT2D eigenvalue weighted by Crippen LogP contribution is -2.09. The maximum Gasteiger partial charge on any atom is 0.253 e. The second kappa shape index (κ2) is 6.39. The molecule has 0 atom stereocenters. The van der Waals surface area contributed by atoms with Crippen molar-refractivity contribution in [2.75, 3.05) is 11.9 Å². The molecule has 122 valence electrons. The summed E-state index contributed by atoms with van der Waals surface area (Å²) in [4.78, 5) is 6.55. The van der Waals surface area contributed by atoms with Gasteiger partial charge in [0.1, 0.15) is 5.69 Å². The number of nitrogens with zero attached hydrogens (tertiary/aromatic N) is 2. The third-order valence-electron chi connectivity index (χ3n) is 3.43. The number of halogens is 4. The summed E-state index contributed by atoms with van der Waals surface area (Å²) in [5.41, 5.74) is -0.329. The molecule has 2 aromatic rings. The summed E-state index contributed by atoms with van der Waals surface area (Å²) < 4.78 is 58.3. The molecule has 1 aliphatic rings. The lowest BCUT2D eigenvalue weighted by molar-refractivity contribution is 0.288. The summed E-state index contributed by atoms with van der Waals surface area (Å²) in [6.45, 7) is 0.559. The molecule has 0 amide bonds. The smallest absolute Gasteiger partial charge is 0.253 e. The zero-order valence-corrected chi connectivity index (χ0v) is 12.0. The van der Waals surface area contributed by atoms with Crippen LogP contribution in [0.25, 0.3) is 0 Å². The Morgan fingerprint density at radius 2 is 1.78 bits per heavy atom. The Labute approximate surface area is 129 Å². The molecular formula is C15H13F4N3O. The SMILES string of the molecule is Fc1nc(F)c(F)c(NCc2ccc(OCC3CC3)nc2)c1F. The number of rotatable bonds is 6. The first-order chi connectivity index (χ1) is 11.0. The van der Waals surface area contributed by atoms with E-state index in [1.165, 1.54) is 6.20 Å². The second-order valence-electron chi connectivity index (χ2n) is 5.31. The Morgan fingerprint density at radius 3 is 2.35 bits per heavy atom. The molecule has 0 bridgehead atoms. The van der Waals surface area contributed by atoms with Gasteiger partial charge in [-0.15, -0.1) is 0 Å². The molecule has 0 unspecified atom stereocenters. The lowest BCUT2D eigenvalue weighted by Gasteiger charge is -2.10. The first-order valence-electron chi connectivity index (χ1n) is 7.06. The summed E-state index contributed by atoms with van der Waals surface area (Å²) in [6.07, 6.45) is 3.79. The van der Waals surface area contributed by atoms with Gasteiger partial charge in [0.2, 0.25) is 17.5 Å². The van der Waals surface area contributed by atoms with Gasteiger partial charge in [-0.25, -0.2) is 4.98 Å². The molecule has 1 saturated carbocycles. The highest BCUT2D eigenvalue weighted by atomic mass is 19.2. The summed E-state index contributed by atoms with van der Waals surface area (Å²) in [5.74, 6) is -5.48. The molecule has 0 spiro atoms. The van der Waals surface area contributed by atoms with E-state index in [0.29, 0.717) is 24.0 Å². The van der Waals surface area contributed by atoms with Crippen molar-refractivity contribution in [2.24, 2.45) is 5.92 Å². The Hall–Kier alpha value is -2.38. The van der Waals surface area contributed by atoms with Crippen molar-refractivity contribution in [3.05, 3.63) is 47.4 Å². The zero-order valence-electron chi connectivity index (χ0n) is 12.0. The molecule has 3 rings (SSSR count). The van der Waals surface area contributed by atoms with Crippen molar-refractivity contribution in [1.29, 1.82) is 0 Å². The molecule has 0 saturated heterocycles. The zero-order chi connectivity index (χ0) is 16.4. The van der Waals surface area contributed by atoms with Gasteiger partial charge in [0.15, 0.2) is 0 Å². The van der Waals surface area contributed by atoms with E-state index in [1.807, 2.05) is 0 Å². The number of hydrogen-bond acceptors (Lipinski definition) is 4. The van der Waals surface area contributed by atoms with Crippen molar-refractivity contribution >= 4 is 5.69 Å². The van der Waals surface area contributed by atoms with E-state index in [0.717, 1.165) is 12.8 Å². The van der Waals surface area contributed by atoms with Crippen LogP contribution >= 0.6 is 0 Å². The average Bonchev–Trinajstić information content (AvgIpc) is 3.36. The normalized spacial score (nSPS) is 13.9. The van der Waals surface area contributed by atoms with Gasteiger partial charge in [-0.3, -0.25) is 0 Å². The van der Waals surface area contributed by atoms with E-state index >= 15 is 0 Å². The summed E-state index contributed by atoms with van der Waals surface area (Å²) in [6, 6.07) is 3.27. The number of pyridine rings is 2. The standard InChI is InChI=1S/C15H13F4N3O/c16-11-13(12(17)15(19)22-14(11)18)21-6-9-3-4-10(20-5-9)23-7-8-1-2-8/h3-5,8H,1-2,6-7H2,(H,21,22). The quantitative estimate of drug-likeness (QED) is 0.652. The summed E-state index contributed by atoms with van der Waals surface area (Å²) in [7, 11) is 0. The van der Waals surface area contributed by atoms with Gasteiger partial charge >= 0.3 is 0 Å². The fourth-order valence-corrected chi connectivity index (χ4v) is 1.92. The van der Waals surface area contributed by atoms with Crippen LogP contribution in [0, 0.1) is 29.4 Å². The molecular weight excluding hydrogens is 314 g/mol. The van der Waals surface area contributed by atoms with Crippen LogP contribution in [-0.2, 0) is 6.54 Å². The van der Waals surface area contributed by atoms with Crippen molar-refractivity contribution in [2.45, 2.75) is 19.4 Å². The van der Waals surface area contributed by atoms with E-state index in [1.54, 1.807) is 12.1 Å². The van der Waals surface area contributed by atoms with Crippen LogP contribution in [0.4, 0.5) is 23.2 Å². The highest BCUT2D eigenvalue weighted by Crippen LogP contribution is 2.29. The molecule has 8 heteroatoms. The molecule has 0 radical (unpaired) electrons. The van der Waals surface area contributed by atoms with E-state index in [9.17, 15) is 17.6 Å². The molecule has 1 fully saturated rings. The first kappa shape index (κ1) is 15.5. The number of nitrogens with one attached hydrogen (secondary N) is 1. The number of hydrogen-bond donors (Lipinski definition) is 1. The van der Waals surface area contributed by atoms with Gasteiger partial charge in [0, 0.05) is 18.8 Å². The predicted octanol–water partition coefficient (Wildman–Crippen LogP) is 3.43. The van der Waals surface area contributed by atoms with Crippen LogP contribution in [0.3, 0.4) is 0 Å². The molecule has 0 aliphatic heterocycles. The van der Waals surface area contributed by atoms with Crippen molar-refractivity contribution < 1.29 is 22.3 Å². The van der Waals surface area contributed by atoms with Gasteiger partial charge in [0.05, 0.1) is 6.61 Å². The van der Waals surface area contributed by atoms with E-state index in [2.05, 4.69) is 15.3 Å². The van der Waals surface area contributed by atoms with Crippen molar-refractivity contribution in [3.63, 3.8) is 0 Å². The van der Waals surface area contributed by atoms with Gasteiger partial charge in [0.25, 0.3) is 11.9 Å². The Bertz CT molecular complexity index is 679. The predicted molar refractivity (Wildman–Crippen MR) is 73.9 cm³/mol. The minimum Gasteiger partial charge on any atom is -0.477 e. The van der Waals surface area contributed by atoms with Gasteiger partial charge in [-0.1, -0.05) is 6.07 Å². The maximum absolute atomic E-state index is 13.4. The largest absolute Gasteiger partial charge is 0.477 e. The minimum atomic E-state index is -1.70. The maximum atomic E-state index is 13.4. The second-order valence-corrected chi connectivity index (χ2v) is 5.31.